The van der Waals surface area contributed by atoms with Crippen molar-refractivity contribution in [3.05, 3.63) is 65.2 Å². The molecule has 0 spiro atoms. The number of halogens is 3. The summed E-state index contributed by atoms with van der Waals surface area (Å²) in [6.45, 7) is 2.08. The minimum absolute atomic E-state index is 0.0202. The number of benzene rings is 2. The molecule has 0 bridgehead atoms. The first-order chi connectivity index (χ1) is 13.2. The summed E-state index contributed by atoms with van der Waals surface area (Å²) in [5.41, 5.74) is 0.525. The summed E-state index contributed by atoms with van der Waals surface area (Å²) in [5, 5.41) is 0. The second-order valence-electron chi connectivity index (χ2n) is 6.48. The molecule has 0 atom stereocenters. The van der Waals surface area contributed by atoms with E-state index in [1.54, 1.807) is 31.3 Å². The van der Waals surface area contributed by atoms with Crippen molar-refractivity contribution in [1.82, 2.24) is 4.90 Å². The van der Waals surface area contributed by atoms with Gasteiger partial charge in [0.2, 0.25) is 5.91 Å². The van der Waals surface area contributed by atoms with Crippen LogP contribution < -0.4 is 4.74 Å². The molecule has 0 saturated carbocycles. The van der Waals surface area contributed by atoms with Crippen LogP contribution >= 0.6 is 0 Å². The molecule has 28 heavy (non-hydrogen) atoms. The second kappa shape index (κ2) is 9.39. The highest BCUT2D eigenvalue weighted by molar-refractivity contribution is 5.94. The number of hydrogen-bond acceptors (Lipinski definition) is 3. The summed E-state index contributed by atoms with van der Waals surface area (Å²) in [7, 11) is 1.61. The van der Waals surface area contributed by atoms with E-state index < -0.39 is 11.7 Å². The molecule has 7 heteroatoms. The number of hydrogen-bond donors (Lipinski definition) is 0. The molecule has 2 aromatic carbocycles. The molecule has 0 N–H and O–H groups in total. The molecule has 0 aliphatic rings. The Hall–Kier alpha value is -2.83. The van der Waals surface area contributed by atoms with E-state index in [9.17, 15) is 22.8 Å². The van der Waals surface area contributed by atoms with Gasteiger partial charge in [-0.05, 0) is 55.3 Å². The zero-order chi connectivity index (χ0) is 20.7. The molecule has 0 unspecified atom stereocenters. The molecule has 0 aliphatic carbocycles. The SMILES string of the molecule is CC(=O)c1ccc(OCCCC(=O)N(C)Cc2ccc(C(F)(F)F)cc2)cc1. The Morgan fingerprint density at radius 1 is 1.00 bits per heavy atom. The highest BCUT2D eigenvalue weighted by Crippen LogP contribution is 2.29. The molecule has 0 heterocycles. The van der Waals surface area contributed by atoms with Crippen LogP contribution in [0.4, 0.5) is 13.2 Å². The number of Topliss-reactive ketones (excluding diaryl/α,β-unsaturated/α-hetero) is 1. The smallest absolute Gasteiger partial charge is 0.416 e. The Kier molecular flexibility index (Phi) is 7.20. The first kappa shape index (κ1) is 21.5. The topological polar surface area (TPSA) is 46.6 Å². The van der Waals surface area contributed by atoms with Crippen LogP contribution in [0, 0.1) is 0 Å². The Balaban J connectivity index is 1.74. The average molecular weight is 393 g/mol. The van der Waals surface area contributed by atoms with Gasteiger partial charge in [-0.1, -0.05) is 12.1 Å². The van der Waals surface area contributed by atoms with Crippen LogP contribution in [0.3, 0.4) is 0 Å². The van der Waals surface area contributed by atoms with Crippen molar-refractivity contribution in [3.8, 4) is 5.75 Å². The van der Waals surface area contributed by atoms with Gasteiger partial charge in [0.05, 0.1) is 12.2 Å². The normalized spacial score (nSPS) is 11.2. The molecule has 4 nitrogen and oxygen atoms in total. The molecular weight excluding hydrogens is 371 g/mol. The Bertz CT molecular complexity index is 799. The largest absolute Gasteiger partial charge is 0.494 e. The fraction of sp³-hybridized carbons (Fsp3) is 0.333. The van der Waals surface area contributed by atoms with Gasteiger partial charge in [0.1, 0.15) is 5.75 Å². The fourth-order valence-corrected chi connectivity index (χ4v) is 2.55. The number of rotatable bonds is 8. The maximum Gasteiger partial charge on any atom is 0.416 e. The average Bonchev–Trinajstić information content (AvgIpc) is 2.65. The maximum absolute atomic E-state index is 12.6. The minimum atomic E-state index is -4.37. The number of alkyl halides is 3. The van der Waals surface area contributed by atoms with Gasteiger partial charge in [0.15, 0.2) is 5.78 Å². The van der Waals surface area contributed by atoms with Crippen LogP contribution in [0.15, 0.2) is 48.5 Å². The molecule has 0 saturated heterocycles. The first-order valence-corrected chi connectivity index (χ1v) is 8.80. The van der Waals surface area contributed by atoms with Crippen molar-refractivity contribution >= 4 is 11.7 Å². The van der Waals surface area contributed by atoms with E-state index in [4.69, 9.17) is 4.74 Å². The van der Waals surface area contributed by atoms with Crippen molar-refractivity contribution in [2.24, 2.45) is 0 Å². The third kappa shape index (κ3) is 6.40. The predicted octanol–water partition coefficient (Wildman–Crippen LogP) is 4.73. The standard InChI is InChI=1S/C21H22F3NO3/c1-15(26)17-7-11-19(12-8-17)28-13-3-4-20(27)25(2)14-16-5-9-18(10-6-16)21(22,23)24/h5-12H,3-4,13-14H2,1-2H3. The van der Waals surface area contributed by atoms with E-state index >= 15 is 0 Å². The lowest BCUT2D eigenvalue weighted by atomic mass is 10.1. The summed E-state index contributed by atoms with van der Waals surface area (Å²) in [6, 6.07) is 11.5. The van der Waals surface area contributed by atoms with Gasteiger partial charge in [-0.25, -0.2) is 0 Å². The zero-order valence-electron chi connectivity index (χ0n) is 15.8. The number of amides is 1. The Morgan fingerprint density at radius 2 is 1.61 bits per heavy atom. The summed E-state index contributed by atoms with van der Waals surface area (Å²) in [6.07, 6.45) is -3.60. The van der Waals surface area contributed by atoms with Crippen LogP contribution in [0.1, 0.15) is 41.3 Å². The van der Waals surface area contributed by atoms with Gasteiger partial charge in [-0.15, -0.1) is 0 Å². The van der Waals surface area contributed by atoms with E-state index in [0.29, 0.717) is 29.9 Å². The summed E-state index contributed by atoms with van der Waals surface area (Å²) in [4.78, 5) is 24.8. The number of ether oxygens (including phenoxy) is 1. The highest BCUT2D eigenvalue weighted by atomic mass is 19.4. The maximum atomic E-state index is 12.6. The molecular formula is C21H22F3NO3. The highest BCUT2D eigenvalue weighted by Gasteiger charge is 2.29. The zero-order valence-corrected chi connectivity index (χ0v) is 15.8. The lowest BCUT2D eigenvalue weighted by molar-refractivity contribution is -0.137. The number of carbonyl (C=O) groups is 2. The van der Waals surface area contributed by atoms with Crippen molar-refractivity contribution in [2.45, 2.75) is 32.5 Å². The summed E-state index contributed by atoms with van der Waals surface area (Å²) >= 11 is 0. The van der Waals surface area contributed by atoms with Crippen molar-refractivity contribution < 1.29 is 27.5 Å². The predicted molar refractivity (Wildman–Crippen MR) is 99.1 cm³/mol. The molecule has 2 rings (SSSR count). The molecule has 0 aliphatic heterocycles. The molecule has 0 radical (unpaired) electrons. The van der Waals surface area contributed by atoms with E-state index in [-0.39, 0.29) is 24.7 Å². The van der Waals surface area contributed by atoms with Gasteiger partial charge in [0.25, 0.3) is 0 Å². The fourth-order valence-electron chi connectivity index (χ4n) is 2.55. The minimum Gasteiger partial charge on any atom is -0.494 e. The monoisotopic (exact) mass is 393 g/mol. The molecule has 1 amide bonds. The lowest BCUT2D eigenvalue weighted by Gasteiger charge is -2.18. The van der Waals surface area contributed by atoms with Gasteiger partial charge in [0, 0.05) is 25.6 Å². The van der Waals surface area contributed by atoms with Gasteiger partial charge in [-0.3, -0.25) is 9.59 Å². The molecule has 0 aromatic heterocycles. The quantitative estimate of drug-likeness (QED) is 0.481. The van der Waals surface area contributed by atoms with Gasteiger partial charge in [-0.2, -0.15) is 13.2 Å². The van der Waals surface area contributed by atoms with Crippen LogP contribution in [0.25, 0.3) is 0 Å². The van der Waals surface area contributed by atoms with E-state index in [1.807, 2.05) is 0 Å². The number of ketones is 1. The third-order valence-corrected chi connectivity index (χ3v) is 4.19. The van der Waals surface area contributed by atoms with Crippen LogP contribution in [-0.4, -0.2) is 30.2 Å². The number of nitrogens with zero attached hydrogens (tertiary/aromatic N) is 1. The third-order valence-electron chi connectivity index (χ3n) is 4.19. The molecule has 2 aromatic rings. The van der Waals surface area contributed by atoms with E-state index in [0.717, 1.165) is 12.1 Å². The van der Waals surface area contributed by atoms with Crippen LogP contribution in [-0.2, 0) is 17.5 Å². The molecule has 0 fully saturated rings. The Labute approximate surface area is 161 Å². The van der Waals surface area contributed by atoms with Crippen molar-refractivity contribution in [1.29, 1.82) is 0 Å². The lowest BCUT2D eigenvalue weighted by Crippen LogP contribution is -2.26. The van der Waals surface area contributed by atoms with Crippen LogP contribution in [0.5, 0.6) is 5.75 Å². The summed E-state index contributed by atoms with van der Waals surface area (Å²) in [5.74, 6) is 0.485. The Morgan fingerprint density at radius 3 is 2.14 bits per heavy atom. The second-order valence-corrected chi connectivity index (χ2v) is 6.48. The number of carbonyl (C=O) groups excluding carboxylic acids is 2. The van der Waals surface area contributed by atoms with Crippen molar-refractivity contribution in [2.75, 3.05) is 13.7 Å². The van der Waals surface area contributed by atoms with E-state index in [1.165, 1.54) is 24.0 Å². The van der Waals surface area contributed by atoms with Crippen LogP contribution in [0.2, 0.25) is 0 Å². The summed E-state index contributed by atoms with van der Waals surface area (Å²) < 4.78 is 43.3. The molecule has 150 valence electrons. The first-order valence-electron chi connectivity index (χ1n) is 8.80. The van der Waals surface area contributed by atoms with E-state index in [2.05, 4.69) is 0 Å². The van der Waals surface area contributed by atoms with Gasteiger partial charge < -0.3 is 9.64 Å². The van der Waals surface area contributed by atoms with Crippen molar-refractivity contribution in [3.63, 3.8) is 0 Å². The van der Waals surface area contributed by atoms with Gasteiger partial charge >= 0.3 is 6.18 Å².